The summed E-state index contributed by atoms with van der Waals surface area (Å²) in [6, 6.07) is 7.27. The van der Waals surface area contributed by atoms with Gasteiger partial charge in [-0.2, -0.15) is 0 Å². The lowest BCUT2D eigenvalue weighted by Crippen LogP contribution is -3.15. The summed E-state index contributed by atoms with van der Waals surface area (Å²) in [7, 11) is 0. The highest BCUT2D eigenvalue weighted by Gasteiger charge is 2.33. The third kappa shape index (κ3) is 3.78. The second-order valence-corrected chi connectivity index (χ2v) is 5.89. The van der Waals surface area contributed by atoms with Gasteiger partial charge >= 0.3 is 0 Å². The highest BCUT2D eigenvalue weighted by molar-refractivity contribution is 5.78. The molecule has 1 aliphatic rings. The van der Waals surface area contributed by atoms with Crippen LogP contribution in [0, 0.1) is 0 Å². The van der Waals surface area contributed by atoms with E-state index in [-0.39, 0.29) is 11.7 Å². The standard InChI is InChI=1S/C17H26N2O3/c1-3-17(4-2,14-7-5-6-8-15(14)20)18-16(21)13-19-9-11-22-12-10-19/h5-8,20H,3-4,9-13H2,1-2H3,(H,18,21)/p+1. The summed E-state index contributed by atoms with van der Waals surface area (Å²) in [5.74, 6) is 0.272. The number of para-hydroxylation sites is 1. The maximum Gasteiger partial charge on any atom is 0.275 e. The van der Waals surface area contributed by atoms with Crippen molar-refractivity contribution in [3.05, 3.63) is 29.8 Å². The van der Waals surface area contributed by atoms with E-state index in [1.54, 1.807) is 12.1 Å². The highest BCUT2D eigenvalue weighted by Crippen LogP contribution is 2.34. The van der Waals surface area contributed by atoms with Crippen LogP contribution in [-0.2, 0) is 15.1 Å². The molecule has 1 saturated heterocycles. The molecule has 0 atom stereocenters. The zero-order valence-electron chi connectivity index (χ0n) is 13.5. The lowest BCUT2D eigenvalue weighted by atomic mass is 9.84. The molecule has 5 nitrogen and oxygen atoms in total. The van der Waals surface area contributed by atoms with Crippen LogP contribution in [0.25, 0.3) is 0 Å². The van der Waals surface area contributed by atoms with E-state index in [9.17, 15) is 9.90 Å². The maximum absolute atomic E-state index is 12.5. The highest BCUT2D eigenvalue weighted by atomic mass is 16.5. The Bertz CT molecular complexity index is 494. The Morgan fingerprint density at radius 3 is 2.50 bits per heavy atom. The number of rotatable bonds is 6. The molecule has 3 N–H and O–H groups in total. The number of nitrogens with one attached hydrogen (secondary N) is 2. The molecule has 0 bridgehead atoms. The molecular weight excluding hydrogens is 280 g/mol. The molecule has 122 valence electrons. The predicted octanol–water partition coefficient (Wildman–Crippen LogP) is 0.439. The van der Waals surface area contributed by atoms with Crippen LogP contribution < -0.4 is 10.2 Å². The average molecular weight is 307 g/mol. The Morgan fingerprint density at radius 2 is 1.91 bits per heavy atom. The zero-order valence-corrected chi connectivity index (χ0v) is 13.5. The Balaban J connectivity index is 2.10. The van der Waals surface area contributed by atoms with E-state index in [1.807, 2.05) is 26.0 Å². The molecular formula is C17H27N2O3+. The molecule has 0 unspecified atom stereocenters. The fourth-order valence-electron chi connectivity index (χ4n) is 3.13. The molecule has 1 heterocycles. The predicted molar refractivity (Wildman–Crippen MR) is 84.9 cm³/mol. The summed E-state index contributed by atoms with van der Waals surface area (Å²) in [5, 5.41) is 13.3. The average Bonchev–Trinajstić information content (AvgIpc) is 2.54. The third-order valence-corrected chi connectivity index (χ3v) is 4.62. The first kappa shape index (κ1) is 16.8. The lowest BCUT2D eigenvalue weighted by molar-refractivity contribution is -0.900. The number of phenolic OH excluding ortho intramolecular Hbond substituents is 1. The van der Waals surface area contributed by atoms with Crippen molar-refractivity contribution in [3.8, 4) is 5.75 Å². The second kappa shape index (κ2) is 7.61. The van der Waals surface area contributed by atoms with Gasteiger partial charge in [-0.1, -0.05) is 32.0 Å². The number of amides is 1. The SMILES string of the molecule is CCC(CC)(NC(=O)C[NH+]1CCOCC1)c1ccccc1O. The van der Waals surface area contributed by atoms with Crippen LogP contribution in [0.5, 0.6) is 5.75 Å². The fourth-order valence-corrected chi connectivity index (χ4v) is 3.13. The number of phenols is 1. The summed E-state index contributed by atoms with van der Waals surface area (Å²) >= 11 is 0. The van der Waals surface area contributed by atoms with Crippen molar-refractivity contribution < 1.29 is 19.5 Å². The van der Waals surface area contributed by atoms with Crippen molar-refractivity contribution in [2.24, 2.45) is 0 Å². The second-order valence-electron chi connectivity index (χ2n) is 5.89. The van der Waals surface area contributed by atoms with Gasteiger partial charge in [0.05, 0.1) is 18.8 Å². The number of hydrogen-bond donors (Lipinski definition) is 3. The lowest BCUT2D eigenvalue weighted by Gasteiger charge is -2.34. The van der Waals surface area contributed by atoms with E-state index in [2.05, 4.69) is 5.32 Å². The Hall–Kier alpha value is -1.59. The van der Waals surface area contributed by atoms with Gasteiger partial charge in [0.2, 0.25) is 0 Å². The quantitative estimate of drug-likeness (QED) is 0.714. The molecule has 0 saturated carbocycles. The Morgan fingerprint density at radius 1 is 1.27 bits per heavy atom. The first-order valence-corrected chi connectivity index (χ1v) is 8.12. The van der Waals surface area contributed by atoms with Crippen molar-refractivity contribution >= 4 is 5.91 Å². The van der Waals surface area contributed by atoms with E-state index in [0.29, 0.717) is 6.54 Å². The van der Waals surface area contributed by atoms with Crippen LogP contribution >= 0.6 is 0 Å². The number of carbonyl (C=O) groups excluding carboxylic acids is 1. The number of hydrogen-bond acceptors (Lipinski definition) is 3. The molecule has 0 radical (unpaired) electrons. The fraction of sp³-hybridized carbons (Fsp3) is 0.588. The van der Waals surface area contributed by atoms with Gasteiger partial charge < -0.3 is 20.1 Å². The van der Waals surface area contributed by atoms with E-state index in [4.69, 9.17) is 4.74 Å². The van der Waals surface area contributed by atoms with Gasteiger partial charge in [-0.15, -0.1) is 0 Å². The minimum Gasteiger partial charge on any atom is -0.508 e. The molecule has 0 aromatic heterocycles. The summed E-state index contributed by atoms with van der Waals surface area (Å²) in [6.07, 6.45) is 1.48. The van der Waals surface area contributed by atoms with Crippen molar-refractivity contribution in [2.75, 3.05) is 32.8 Å². The van der Waals surface area contributed by atoms with Crippen molar-refractivity contribution in [1.29, 1.82) is 0 Å². The molecule has 1 aliphatic heterocycles. The largest absolute Gasteiger partial charge is 0.508 e. The third-order valence-electron chi connectivity index (χ3n) is 4.62. The van der Waals surface area contributed by atoms with Crippen LogP contribution in [0.1, 0.15) is 32.3 Å². The molecule has 5 heteroatoms. The van der Waals surface area contributed by atoms with Gasteiger partial charge in [0.25, 0.3) is 5.91 Å². The molecule has 1 aromatic rings. The van der Waals surface area contributed by atoms with E-state index >= 15 is 0 Å². The Kier molecular flexibility index (Phi) is 5.80. The van der Waals surface area contributed by atoms with Crippen LogP contribution in [0.4, 0.5) is 0 Å². The maximum atomic E-state index is 12.5. The van der Waals surface area contributed by atoms with E-state index in [0.717, 1.165) is 44.7 Å². The molecule has 0 spiro atoms. The summed E-state index contributed by atoms with van der Waals surface area (Å²) in [4.78, 5) is 13.7. The molecule has 1 aromatic carbocycles. The summed E-state index contributed by atoms with van der Waals surface area (Å²) in [6.45, 7) is 7.71. The summed E-state index contributed by atoms with van der Waals surface area (Å²) in [5.41, 5.74) is 0.291. The molecule has 22 heavy (non-hydrogen) atoms. The number of carbonyl (C=O) groups is 1. The monoisotopic (exact) mass is 307 g/mol. The van der Waals surface area contributed by atoms with E-state index in [1.165, 1.54) is 4.90 Å². The molecule has 1 amide bonds. The van der Waals surface area contributed by atoms with Gasteiger partial charge in [0.1, 0.15) is 18.8 Å². The topological polar surface area (TPSA) is 63.0 Å². The zero-order chi connectivity index (χ0) is 16.0. The number of benzene rings is 1. The number of ether oxygens (including phenoxy) is 1. The minimum absolute atomic E-state index is 0.0313. The number of quaternary nitrogens is 1. The minimum atomic E-state index is -0.506. The molecule has 0 aliphatic carbocycles. The smallest absolute Gasteiger partial charge is 0.275 e. The first-order valence-electron chi connectivity index (χ1n) is 8.12. The van der Waals surface area contributed by atoms with Crippen LogP contribution in [0.2, 0.25) is 0 Å². The van der Waals surface area contributed by atoms with Crippen LogP contribution in [-0.4, -0.2) is 43.9 Å². The van der Waals surface area contributed by atoms with Crippen LogP contribution in [0.15, 0.2) is 24.3 Å². The molecule has 1 fully saturated rings. The number of morpholine rings is 1. The van der Waals surface area contributed by atoms with Gasteiger partial charge in [0, 0.05) is 5.56 Å². The van der Waals surface area contributed by atoms with Gasteiger partial charge in [0.15, 0.2) is 6.54 Å². The van der Waals surface area contributed by atoms with Crippen molar-refractivity contribution in [3.63, 3.8) is 0 Å². The molecule has 2 rings (SSSR count). The first-order chi connectivity index (χ1) is 10.6. The van der Waals surface area contributed by atoms with Crippen molar-refractivity contribution in [2.45, 2.75) is 32.2 Å². The van der Waals surface area contributed by atoms with Crippen LogP contribution in [0.3, 0.4) is 0 Å². The van der Waals surface area contributed by atoms with Gasteiger partial charge in [-0.3, -0.25) is 4.79 Å². The van der Waals surface area contributed by atoms with Gasteiger partial charge in [-0.05, 0) is 18.9 Å². The number of aromatic hydroxyl groups is 1. The Labute approximate surface area is 132 Å². The summed E-state index contributed by atoms with van der Waals surface area (Å²) < 4.78 is 5.32. The van der Waals surface area contributed by atoms with Crippen molar-refractivity contribution in [1.82, 2.24) is 5.32 Å². The van der Waals surface area contributed by atoms with E-state index < -0.39 is 5.54 Å². The normalized spacial score (nSPS) is 16.5. The van der Waals surface area contributed by atoms with Gasteiger partial charge in [-0.25, -0.2) is 0 Å².